The van der Waals surface area contributed by atoms with E-state index in [-0.39, 0.29) is 25.2 Å². The molecule has 1 N–H and O–H groups in total. The first-order chi connectivity index (χ1) is 18.2. The van der Waals surface area contributed by atoms with Gasteiger partial charge in [-0.25, -0.2) is 8.42 Å². The van der Waals surface area contributed by atoms with E-state index in [9.17, 15) is 13.2 Å². The minimum absolute atomic E-state index is 0.0936. The van der Waals surface area contributed by atoms with E-state index in [0.29, 0.717) is 18.0 Å². The number of amides is 1. The lowest BCUT2D eigenvalue weighted by Gasteiger charge is -2.35. The molecule has 4 rings (SSSR count). The van der Waals surface area contributed by atoms with Crippen LogP contribution < -0.4 is 10.2 Å². The van der Waals surface area contributed by atoms with Crippen LogP contribution in [0.15, 0.2) is 41.3 Å². The number of hydrogen-bond acceptors (Lipinski definition) is 6. The lowest BCUT2D eigenvalue weighted by atomic mass is 10.1. The number of anilines is 1. The van der Waals surface area contributed by atoms with Crippen LogP contribution in [-0.2, 0) is 26.1 Å². The van der Waals surface area contributed by atoms with Crippen molar-refractivity contribution in [1.82, 2.24) is 14.5 Å². The van der Waals surface area contributed by atoms with Crippen LogP contribution in [-0.4, -0.2) is 82.6 Å². The highest BCUT2D eigenvalue weighted by molar-refractivity contribution is 7.89. The number of benzene rings is 2. The molecule has 1 unspecified atom stereocenters. The lowest BCUT2D eigenvalue weighted by molar-refractivity contribution is -0.126. The second-order valence-corrected chi connectivity index (χ2v) is 12.5. The van der Waals surface area contributed by atoms with Crippen molar-refractivity contribution in [3.63, 3.8) is 0 Å². The Morgan fingerprint density at radius 1 is 1.00 bits per heavy atom. The standard InChI is InChI=1S/C29H42N4O4S/c1-22-17-23(2)29(24(3)18-22)38(35,36)33-12-8-7-10-26(33)20-37-21-28(34)30-19-25-9-5-6-11-27(25)32-15-13-31(4)14-16-32/h5-6,9,11,17-18,26H,7-8,10,12-16,19-21H2,1-4H3,(H,30,34). The third-order valence-corrected chi connectivity index (χ3v) is 9.86. The molecule has 8 nitrogen and oxygen atoms in total. The van der Waals surface area contributed by atoms with Crippen molar-refractivity contribution in [2.24, 2.45) is 0 Å². The Kier molecular flexibility index (Phi) is 9.46. The Morgan fingerprint density at radius 3 is 2.39 bits per heavy atom. The van der Waals surface area contributed by atoms with Gasteiger partial charge in [0, 0.05) is 51.0 Å². The minimum atomic E-state index is -3.66. The normalized spacial score (nSPS) is 19.5. The summed E-state index contributed by atoms with van der Waals surface area (Å²) in [6.07, 6.45) is 2.50. The van der Waals surface area contributed by atoms with Crippen molar-refractivity contribution in [1.29, 1.82) is 0 Å². The average molecular weight is 543 g/mol. The summed E-state index contributed by atoms with van der Waals surface area (Å²) in [7, 11) is -1.53. The SMILES string of the molecule is Cc1cc(C)c(S(=O)(=O)N2CCCCC2COCC(=O)NCc2ccccc2N2CCN(C)CC2)c(C)c1. The van der Waals surface area contributed by atoms with Gasteiger partial charge in [0.05, 0.1) is 11.5 Å². The summed E-state index contributed by atoms with van der Waals surface area (Å²) in [4.78, 5) is 17.7. The van der Waals surface area contributed by atoms with Crippen molar-refractivity contribution in [3.05, 3.63) is 58.7 Å². The quantitative estimate of drug-likeness (QED) is 0.524. The summed E-state index contributed by atoms with van der Waals surface area (Å²) in [5.74, 6) is -0.200. The largest absolute Gasteiger partial charge is 0.370 e. The highest BCUT2D eigenvalue weighted by atomic mass is 32.2. The van der Waals surface area contributed by atoms with E-state index in [0.717, 1.165) is 73.4 Å². The van der Waals surface area contributed by atoms with Crippen LogP contribution in [0.1, 0.15) is 41.5 Å². The van der Waals surface area contributed by atoms with Gasteiger partial charge >= 0.3 is 0 Å². The smallest absolute Gasteiger partial charge is 0.246 e. The molecule has 0 radical (unpaired) electrons. The number of ether oxygens (including phenoxy) is 1. The topological polar surface area (TPSA) is 82.2 Å². The molecule has 2 aliphatic rings. The fraction of sp³-hybridized carbons (Fsp3) is 0.552. The molecule has 2 fully saturated rings. The van der Waals surface area contributed by atoms with Crippen LogP contribution in [0, 0.1) is 20.8 Å². The van der Waals surface area contributed by atoms with Gasteiger partial charge in [-0.1, -0.05) is 42.3 Å². The summed E-state index contributed by atoms with van der Waals surface area (Å²) in [5.41, 5.74) is 4.83. The number of nitrogens with one attached hydrogen (secondary N) is 1. The molecular weight excluding hydrogens is 500 g/mol. The van der Waals surface area contributed by atoms with Gasteiger partial charge in [0.1, 0.15) is 6.61 Å². The maximum absolute atomic E-state index is 13.7. The van der Waals surface area contributed by atoms with Gasteiger partial charge < -0.3 is 19.9 Å². The number of likely N-dealkylation sites (N-methyl/N-ethyl adjacent to an activating group) is 1. The third-order valence-electron chi connectivity index (χ3n) is 7.60. The second-order valence-electron chi connectivity index (χ2n) is 10.7. The first kappa shape index (κ1) is 28.5. The zero-order valence-electron chi connectivity index (χ0n) is 23.2. The molecule has 0 aromatic heterocycles. The van der Waals surface area contributed by atoms with Crippen molar-refractivity contribution >= 4 is 21.6 Å². The van der Waals surface area contributed by atoms with Crippen LogP contribution in [0.2, 0.25) is 0 Å². The number of piperazine rings is 1. The van der Waals surface area contributed by atoms with Gasteiger partial charge in [0.2, 0.25) is 15.9 Å². The molecule has 0 spiro atoms. The Labute approximate surface area is 228 Å². The van der Waals surface area contributed by atoms with Crippen molar-refractivity contribution in [3.8, 4) is 0 Å². The highest BCUT2D eigenvalue weighted by Crippen LogP contribution is 2.30. The van der Waals surface area contributed by atoms with E-state index in [4.69, 9.17) is 4.74 Å². The molecule has 1 atom stereocenters. The molecule has 2 aromatic carbocycles. The van der Waals surface area contributed by atoms with E-state index in [1.165, 1.54) is 0 Å². The van der Waals surface area contributed by atoms with E-state index in [1.54, 1.807) is 4.31 Å². The summed E-state index contributed by atoms with van der Waals surface area (Å²) in [6, 6.07) is 11.7. The van der Waals surface area contributed by atoms with E-state index in [1.807, 2.05) is 45.0 Å². The molecular formula is C29H42N4O4S. The van der Waals surface area contributed by atoms with Gasteiger partial charge in [-0.15, -0.1) is 0 Å². The number of piperidine rings is 1. The van der Waals surface area contributed by atoms with Gasteiger partial charge in [0.15, 0.2) is 0 Å². The number of para-hydroxylation sites is 1. The first-order valence-electron chi connectivity index (χ1n) is 13.6. The van der Waals surface area contributed by atoms with E-state index >= 15 is 0 Å². The number of nitrogens with zero attached hydrogens (tertiary/aromatic N) is 3. The molecule has 0 aliphatic carbocycles. The fourth-order valence-electron chi connectivity index (χ4n) is 5.70. The monoisotopic (exact) mass is 542 g/mol. The highest BCUT2D eigenvalue weighted by Gasteiger charge is 2.35. The Hall–Kier alpha value is -2.46. The van der Waals surface area contributed by atoms with Crippen LogP contribution >= 0.6 is 0 Å². The van der Waals surface area contributed by atoms with Crippen LogP contribution in [0.4, 0.5) is 5.69 Å². The maximum Gasteiger partial charge on any atom is 0.246 e. The molecule has 0 saturated carbocycles. The summed E-state index contributed by atoms with van der Waals surface area (Å²) >= 11 is 0. The summed E-state index contributed by atoms with van der Waals surface area (Å²) < 4.78 is 34.7. The van der Waals surface area contributed by atoms with Crippen LogP contribution in [0.25, 0.3) is 0 Å². The predicted octanol–water partition coefficient (Wildman–Crippen LogP) is 3.24. The fourth-order valence-corrected chi connectivity index (χ4v) is 7.79. The number of hydrogen-bond donors (Lipinski definition) is 1. The van der Waals surface area contributed by atoms with Crippen molar-refractivity contribution in [2.75, 3.05) is 57.9 Å². The lowest BCUT2D eigenvalue weighted by Crippen LogP contribution is -2.46. The zero-order valence-corrected chi connectivity index (χ0v) is 24.0. The first-order valence-corrected chi connectivity index (χ1v) is 15.1. The molecule has 2 aliphatic heterocycles. The predicted molar refractivity (Wildman–Crippen MR) is 151 cm³/mol. The molecule has 2 heterocycles. The Balaban J connectivity index is 1.33. The second kappa shape index (κ2) is 12.6. The van der Waals surface area contributed by atoms with Gasteiger partial charge in [-0.2, -0.15) is 4.31 Å². The minimum Gasteiger partial charge on any atom is -0.370 e. The maximum atomic E-state index is 13.7. The van der Waals surface area contributed by atoms with E-state index < -0.39 is 10.0 Å². The molecule has 2 saturated heterocycles. The summed E-state index contributed by atoms with van der Waals surface area (Å²) in [5, 5.41) is 2.98. The molecule has 38 heavy (non-hydrogen) atoms. The molecule has 9 heteroatoms. The number of aryl methyl sites for hydroxylation is 3. The zero-order chi connectivity index (χ0) is 27.3. The number of carbonyl (C=O) groups excluding carboxylic acids is 1. The summed E-state index contributed by atoms with van der Waals surface area (Å²) in [6.45, 7) is 10.7. The number of rotatable bonds is 9. The van der Waals surface area contributed by atoms with Crippen LogP contribution in [0.3, 0.4) is 0 Å². The van der Waals surface area contributed by atoms with Gasteiger partial charge in [-0.05, 0) is 63.4 Å². The van der Waals surface area contributed by atoms with E-state index in [2.05, 4.69) is 34.3 Å². The molecule has 0 bridgehead atoms. The molecule has 208 valence electrons. The molecule has 1 amide bonds. The average Bonchev–Trinajstić information content (AvgIpc) is 2.87. The Morgan fingerprint density at radius 2 is 1.68 bits per heavy atom. The number of carbonyl (C=O) groups is 1. The Bertz CT molecular complexity index is 1200. The number of sulfonamides is 1. The van der Waals surface area contributed by atoms with Crippen molar-refractivity contribution in [2.45, 2.75) is 57.5 Å². The van der Waals surface area contributed by atoms with Crippen molar-refractivity contribution < 1.29 is 17.9 Å². The van der Waals surface area contributed by atoms with Gasteiger partial charge in [-0.3, -0.25) is 4.79 Å². The third kappa shape index (κ3) is 6.75. The van der Waals surface area contributed by atoms with Crippen LogP contribution in [0.5, 0.6) is 0 Å². The van der Waals surface area contributed by atoms with Gasteiger partial charge in [0.25, 0.3) is 0 Å². The molecule has 2 aromatic rings.